The number of hydrogen-bond acceptors (Lipinski definition) is 5. The van der Waals surface area contributed by atoms with Crippen LogP contribution in [-0.2, 0) is 19.1 Å². The molecule has 0 heterocycles. The third kappa shape index (κ3) is 31.7. The molecule has 5 nitrogen and oxygen atoms in total. The summed E-state index contributed by atoms with van der Waals surface area (Å²) in [5.74, 6) is 0.347. The highest BCUT2D eigenvalue weighted by molar-refractivity contribution is 5.69. The van der Waals surface area contributed by atoms with Crippen molar-refractivity contribution in [3.05, 3.63) is 0 Å². The zero-order chi connectivity index (χ0) is 30.2. The molecule has 0 bridgehead atoms. The Labute approximate surface area is 255 Å². The molecule has 0 aliphatic carbocycles. The normalized spacial score (nSPS) is 12.8. The van der Waals surface area contributed by atoms with Crippen LogP contribution in [0.3, 0.4) is 0 Å². The van der Waals surface area contributed by atoms with Crippen molar-refractivity contribution in [2.45, 2.75) is 200 Å². The Morgan fingerprint density at radius 3 is 1.17 bits per heavy atom. The number of hydrogen-bond donors (Lipinski definition) is 1. The second-order valence-electron chi connectivity index (χ2n) is 12.6. The van der Waals surface area contributed by atoms with Crippen molar-refractivity contribution in [1.29, 1.82) is 0 Å². The van der Waals surface area contributed by atoms with E-state index >= 15 is 0 Å². The third-order valence-electron chi connectivity index (χ3n) is 8.38. The van der Waals surface area contributed by atoms with Crippen LogP contribution in [0.5, 0.6) is 0 Å². The Morgan fingerprint density at radius 1 is 0.512 bits per heavy atom. The van der Waals surface area contributed by atoms with Crippen LogP contribution in [0.2, 0.25) is 0 Å². The summed E-state index contributed by atoms with van der Waals surface area (Å²) in [4.78, 5) is 23.6. The monoisotopic (exact) mass is 583 g/mol. The lowest BCUT2D eigenvalue weighted by Gasteiger charge is -2.12. The van der Waals surface area contributed by atoms with Gasteiger partial charge in [-0.15, -0.1) is 0 Å². The lowest BCUT2D eigenvalue weighted by Crippen LogP contribution is -2.25. The Morgan fingerprint density at radius 2 is 0.829 bits per heavy atom. The zero-order valence-electron chi connectivity index (χ0n) is 27.7. The summed E-state index contributed by atoms with van der Waals surface area (Å²) in [6.45, 7) is 6.62. The van der Waals surface area contributed by atoms with Gasteiger partial charge in [-0.2, -0.15) is 0 Å². The average molecular weight is 583 g/mol. The summed E-state index contributed by atoms with van der Waals surface area (Å²) in [5, 5.41) is 9.89. The van der Waals surface area contributed by atoms with Crippen LogP contribution in [0.1, 0.15) is 194 Å². The Hall–Kier alpha value is -1.10. The molecule has 1 unspecified atom stereocenters. The van der Waals surface area contributed by atoms with E-state index in [0.717, 1.165) is 38.0 Å². The van der Waals surface area contributed by atoms with Crippen LogP contribution < -0.4 is 0 Å². The van der Waals surface area contributed by atoms with Crippen molar-refractivity contribution in [3.63, 3.8) is 0 Å². The third-order valence-corrected chi connectivity index (χ3v) is 8.38. The van der Waals surface area contributed by atoms with Crippen LogP contribution in [-0.4, -0.2) is 36.4 Å². The van der Waals surface area contributed by atoms with Gasteiger partial charge in [0.15, 0.2) is 0 Å². The predicted octanol–water partition coefficient (Wildman–Crippen LogP) is 10.6. The Balaban J connectivity index is 3.31. The minimum atomic E-state index is -0.952. The summed E-state index contributed by atoms with van der Waals surface area (Å²) < 4.78 is 10.2. The molecular weight excluding hydrogens is 512 g/mol. The molecule has 5 heteroatoms. The lowest BCUT2D eigenvalue weighted by molar-refractivity contribution is -0.152. The highest BCUT2D eigenvalue weighted by atomic mass is 16.6. The van der Waals surface area contributed by atoms with Crippen LogP contribution in [0, 0.1) is 5.92 Å². The van der Waals surface area contributed by atoms with E-state index in [2.05, 4.69) is 20.8 Å². The zero-order valence-corrected chi connectivity index (χ0v) is 27.7. The van der Waals surface area contributed by atoms with E-state index < -0.39 is 6.10 Å². The summed E-state index contributed by atoms with van der Waals surface area (Å²) in [6, 6.07) is 0. The smallest absolute Gasteiger partial charge is 0.305 e. The number of ether oxygens (including phenoxy) is 2. The van der Waals surface area contributed by atoms with Crippen molar-refractivity contribution in [2.75, 3.05) is 13.2 Å². The van der Waals surface area contributed by atoms with Gasteiger partial charge in [0.05, 0.1) is 0 Å². The van der Waals surface area contributed by atoms with Crippen molar-refractivity contribution < 1.29 is 24.2 Å². The lowest BCUT2D eigenvalue weighted by atomic mass is 9.99. The highest BCUT2D eigenvalue weighted by Gasteiger charge is 2.12. The van der Waals surface area contributed by atoms with Gasteiger partial charge in [0.1, 0.15) is 19.3 Å². The van der Waals surface area contributed by atoms with Crippen molar-refractivity contribution >= 4 is 11.9 Å². The summed E-state index contributed by atoms with van der Waals surface area (Å²) in [6.07, 6.45) is 31.9. The van der Waals surface area contributed by atoms with Crippen molar-refractivity contribution in [1.82, 2.24) is 0 Å². The minimum absolute atomic E-state index is 0.110. The van der Waals surface area contributed by atoms with E-state index in [1.807, 2.05) is 0 Å². The molecule has 0 amide bonds. The molecular formula is C36H70O5. The van der Waals surface area contributed by atoms with E-state index in [1.54, 1.807) is 0 Å². The Kier molecular flexibility index (Phi) is 31.0. The van der Waals surface area contributed by atoms with Gasteiger partial charge in [-0.05, 0) is 18.8 Å². The molecule has 1 N–H and O–H groups in total. The number of rotatable bonds is 32. The fourth-order valence-corrected chi connectivity index (χ4v) is 5.24. The van der Waals surface area contributed by atoms with Crippen LogP contribution >= 0.6 is 0 Å². The van der Waals surface area contributed by atoms with E-state index in [1.165, 1.54) is 128 Å². The second-order valence-corrected chi connectivity index (χ2v) is 12.6. The van der Waals surface area contributed by atoms with Gasteiger partial charge in [-0.25, -0.2) is 0 Å². The molecule has 0 aliphatic rings. The molecule has 0 fully saturated rings. The van der Waals surface area contributed by atoms with Gasteiger partial charge in [-0.3, -0.25) is 9.59 Å². The number of aliphatic hydroxyl groups is 1. The molecule has 0 saturated carbocycles. The number of unbranched alkanes of at least 4 members (excludes halogenated alkanes) is 21. The summed E-state index contributed by atoms with van der Waals surface area (Å²) in [7, 11) is 0. The van der Waals surface area contributed by atoms with Gasteiger partial charge in [0, 0.05) is 12.8 Å². The SMILES string of the molecule is CCCCCCCC(=O)OC[C@H](O)COC(=O)CCCCCCCCCCCCCCCCCCCCC(C)CC. The molecule has 0 aliphatic heterocycles. The average Bonchev–Trinajstić information content (AvgIpc) is 2.97. The molecule has 41 heavy (non-hydrogen) atoms. The first kappa shape index (κ1) is 39.9. The summed E-state index contributed by atoms with van der Waals surface area (Å²) in [5.41, 5.74) is 0. The number of carbonyl (C=O) groups is 2. The quantitative estimate of drug-likeness (QED) is 0.0631. The molecule has 0 aromatic rings. The first-order valence-electron chi connectivity index (χ1n) is 18.0. The van der Waals surface area contributed by atoms with E-state index in [9.17, 15) is 14.7 Å². The van der Waals surface area contributed by atoms with Crippen LogP contribution in [0.4, 0.5) is 0 Å². The second kappa shape index (κ2) is 31.8. The molecule has 0 aromatic carbocycles. The van der Waals surface area contributed by atoms with Gasteiger partial charge in [0.2, 0.25) is 0 Å². The molecule has 0 spiro atoms. The maximum absolute atomic E-state index is 11.9. The van der Waals surface area contributed by atoms with Crippen LogP contribution in [0.15, 0.2) is 0 Å². The first-order valence-corrected chi connectivity index (χ1v) is 18.0. The number of carbonyl (C=O) groups excluding carboxylic acids is 2. The topological polar surface area (TPSA) is 72.8 Å². The largest absolute Gasteiger partial charge is 0.463 e. The van der Waals surface area contributed by atoms with Gasteiger partial charge >= 0.3 is 11.9 Å². The van der Waals surface area contributed by atoms with Crippen molar-refractivity contribution in [2.24, 2.45) is 5.92 Å². The first-order chi connectivity index (χ1) is 20.0. The number of esters is 2. The van der Waals surface area contributed by atoms with E-state index in [0.29, 0.717) is 12.8 Å². The van der Waals surface area contributed by atoms with Crippen molar-refractivity contribution in [3.8, 4) is 0 Å². The molecule has 0 saturated heterocycles. The highest BCUT2D eigenvalue weighted by Crippen LogP contribution is 2.16. The summed E-state index contributed by atoms with van der Waals surface area (Å²) >= 11 is 0. The maximum atomic E-state index is 11.9. The molecule has 0 rings (SSSR count). The van der Waals surface area contributed by atoms with E-state index in [-0.39, 0.29) is 25.2 Å². The minimum Gasteiger partial charge on any atom is -0.463 e. The maximum Gasteiger partial charge on any atom is 0.305 e. The van der Waals surface area contributed by atoms with Gasteiger partial charge in [0.25, 0.3) is 0 Å². The molecule has 0 aromatic heterocycles. The standard InChI is InChI=1S/C36H70O5/c1-4-6-7-22-26-29-35(38)40-31-34(37)32-41-36(39)30-27-24-21-19-17-15-13-11-9-8-10-12-14-16-18-20-23-25-28-33(3)5-2/h33-34,37H,4-32H2,1-3H3/t33?,34-/m0/s1. The number of aliphatic hydroxyl groups excluding tert-OH is 1. The fraction of sp³-hybridized carbons (Fsp3) is 0.944. The van der Waals surface area contributed by atoms with E-state index in [4.69, 9.17) is 9.47 Å². The van der Waals surface area contributed by atoms with Gasteiger partial charge in [-0.1, -0.05) is 168 Å². The van der Waals surface area contributed by atoms with Crippen LogP contribution in [0.25, 0.3) is 0 Å². The molecule has 244 valence electrons. The Bertz CT molecular complexity index is 564. The predicted molar refractivity (Wildman–Crippen MR) is 173 cm³/mol. The van der Waals surface area contributed by atoms with Gasteiger partial charge < -0.3 is 14.6 Å². The fourth-order valence-electron chi connectivity index (χ4n) is 5.24. The molecule has 0 radical (unpaired) electrons. The molecule has 2 atom stereocenters.